The van der Waals surface area contributed by atoms with Gasteiger partial charge in [-0.2, -0.15) is 0 Å². The van der Waals surface area contributed by atoms with Crippen molar-refractivity contribution in [3.05, 3.63) is 63.3 Å². The molecule has 1 aliphatic heterocycles. The Kier molecular flexibility index (Phi) is 3.57. The van der Waals surface area contributed by atoms with Crippen molar-refractivity contribution in [2.75, 3.05) is 13.1 Å². The van der Waals surface area contributed by atoms with E-state index in [-0.39, 0.29) is 5.69 Å². The molecule has 2 N–H and O–H groups in total. The zero-order valence-corrected chi connectivity index (χ0v) is 13.0. The Hall–Kier alpha value is -2.67. The highest BCUT2D eigenvalue weighted by atomic mass is 19.1. The monoisotopic (exact) mass is 328 g/mol. The molecule has 0 amide bonds. The molecule has 3 aromatic rings. The van der Waals surface area contributed by atoms with Crippen molar-refractivity contribution >= 4 is 10.9 Å². The summed E-state index contributed by atoms with van der Waals surface area (Å²) >= 11 is 0. The number of piperidine rings is 1. The van der Waals surface area contributed by atoms with Gasteiger partial charge in [0.05, 0.1) is 11.2 Å². The van der Waals surface area contributed by atoms with Crippen molar-refractivity contribution in [1.82, 2.24) is 19.4 Å². The van der Waals surface area contributed by atoms with Crippen LogP contribution in [-0.2, 0) is 0 Å². The molecule has 1 saturated heterocycles. The van der Waals surface area contributed by atoms with Gasteiger partial charge >= 0.3 is 5.69 Å². The van der Waals surface area contributed by atoms with Gasteiger partial charge < -0.3 is 9.88 Å². The third kappa shape index (κ3) is 2.37. The van der Waals surface area contributed by atoms with Gasteiger partial charge in [-0.15, -0.1) is 0 Å². The smallest absolute Gasteiger partial charge is 0.333 e. The van der Waals surface area contributed by atoms with Gasteiger partial charge in [0.2, 0.25) is 0 Å². The Balaban J connectivity index is 1.92. The molecular formula is C17H17FN4O2. The molecule has 6 nitrogen and oxygen atoms in total. The quantitative estimate of drug-likeness (QED) is 0.750. The highest BCUT2D eigenvalue weighted by Crippen LogP contribution is 2.30. The molecule has 0 bridgehead atoms. The molecule has 0 radical (unpaired) electrons. The Morgan fingerprint density at radius 3 is 2.58 bits per heavy atom. The number of fused-ring (bicyclic) bond motifs is 1. The Morgan fingerprint density at radius 1 is 1.04 bits per heavy atom. The van der Waals surface area contributed by atoms with Crippen LogP contribution in [0.2, 0.25) is 0 Å². The van der Waals surface area contributed by atoms with E-state index in [1.165, 1.54) is 18.3 Å². The van der Waals surface area contributed by atoms with Crippen LogP contribution >= 0.6 is 0 Å². The standard InChI is InChI=1S/C17H17FN4O2/c18-13-1-2-14-12(5-9-21(14)11-3-7-19-8-4-11)16(13)22-10-6-15(23)20-17(22)24/h1-2,5-6,9-11,19H,3-4,7-8H2,(H,20,23,24). The summed E-state index contributed by atoms with van der Waals surface area (Å²) in [7, 11) is 0. The summed E-state index contributed by atoms with van der Waals surface area (Å²) in [5, 5.41) is 3.99. The largest absolute Gasteiger partial charge is 0.344 e. The number of aromatic amines is 1. The predicted octanol–water partition coefficient (Wildman–Crippen LogP) is 1.54. The number of H-pyrrole nitrogens is 1. The average molecular weight is 328 g/mol. The van der Waals surface area contributed by atoms with Crippen LogP contribution < -0.4 is 16.6 Å². The number of aromatic nitrogens is 3. The first-order valence-corrected chi connectivity index (χ1v) is 7.97. The second-order valence-corrected chi connectivity index (χ2v) is 6.01. The van der Waals surface area contributed by atoms with E-state index < -0.39 is 17.1 Å². The van der Waals surface area contributed by atoms with Crippen LogP contribution in [-0.4, -0.2) is 27.2 Å². The van der Waals surface area contributed by atoms with Crippen molar-refractivity contribution in [1.29, 1.82) is 0 Å². The lowest BCUT2D eigenvalue weighted by atomic mass is 10.1. The summed E-state index contributed by atoms with van der Waals surface area (Å²) in [6, 6.07) is 6.51. The van der Waals surface area contributed by atoms with Gasteiger partial charge in [-0.25, -0.2) is 9.18 Å². The lowest BCUT2D eigenvalue weighted by Gasteiger charge is -2.25. The molecule has 1 aliphatic rings. The van der Waals surface area contributed by atoms with Gasteiger partial charge in [-0.05, 0) is 44.1 Å². The Bertz CT molecular complexity index is 1010. The third-order valence-electron chi connectivity index (χ3n) is 4.59. The number of hydrogen-bond donors (Lipinski definition) is 2. The summed E-state index contributed by atoms with van der Waals surface area (Å²) in [4.78, 5) is 25.5. The fourth-order valence-corrected chi connectivity index (χ4v) is 3.44. The first-order chi connectivity index (χ1) is 11.6. The Morgan fingerprint density at radius 2 is 1.83 bits per heavy atom. The molecule has 3 heterocycles. The summed E-state index contributed by atoms with van der Waals surface area (Å²) in [5.74, 6) is -0.500. The second-order valence-electron chi connectivity index (χ2n) is 6.01. The summed E-state index contributed by atoms with van der Waals surface area (Å²) in [5.41, 5.74) is -0.0996. The van der Waals surface area contributed by atoms with E-state index in [2.05, 4.69) is 14.9 Å². The fraction of sp³-hybridized carbons (Fsp3) is 0.294. The van der Waals surface area contributed by atoms with Crippen molar-refractivity contribution in [3.8, 4) is 5.69 Å². The topological polar surface area (TPSA) is 71.8 Å². The first-order valence-electron chi connectivity index (χ1n) is 7.97. The van der Waals surface area contributed by atoms with Crippen molar-refractivity contribution in [3.63, 3.8) is 0 Å². The van der Waals surface area contributed by atoms with Gasteiger partial charge in [0.25, 0.3) is 5.56 Å². The molecule has 2 aromatic heterocycles. The molecule has 0 atom stereocenters. The number of rotatable bonds is 2. The maximum Gasteiger partial charge on any atom is 0.333 e. The zero-order valence-electron chi connectivity index (χ0n) is 13.0. The third-order valence-corrected chi connectivity index (χ3v) is 4.59. The van der Waals surface area contributed by atoms with Crippen molar-refractivity contribution < 1.29 is 4.39 Å². The van der Waals surface area contributed by atoms with Crippen LogP contribution in [0, 0.1) is 5.82 Å². The molecule has 0 aliphatic carbocycles. The SMILES string of the molecule is O=c1ccn(-c2c(F)ccc3c2ccn3C2CCNCC2)c(=O)[nH]1. The van der Waals surface area contributed by atoms with E-state index in [4.69, 9.17) is 0 Å². The molecule has 7 heteroatoms. The minimum Gasteiger partial charge on any atom is -0.344 e. The van der Waals surface area contributed by atoms with Crippen LogP contribution in [0.4, 0.5) is 4.39 Å². The normalized spacial score (nSPS) is 15.9. The van der Waals surface area contributed by atoms with Crippen molar-refractivity contribution in [2.45, 2.75) is 18.9 Å². The molecule has 1 aromatic carbocycles. The second kappa shape index (κ2) is 5.76. The van der Waals surface area contributed by atoms with Crippen LogP contribution in [0.15, 0.2) is 46.2 Å². The van der Waals surface area contributed by atoms with E-state index in [1.54, 1.807) is 6.07 Å². The number of nitrogens with one attached hydrogen (secondary N) is 2. The summed E-state index contributed by atoms with van der Waals surface area (Å²) in [6.07, 6.45) is 5.27. The molecule has 4 rings (SSSR count). The number of hydrogen-bond acceptors (Lipinski definition) is 3. The molecule has 0 unspecified atom stereocenters. The van der Waals surface area contributed by atoms with Crippen LogP contribution in [0.1, 0.15) is 18.9 Å². The molecule has 1 fully saturated rings. The summed E-state index contributed by atoms with van der Waals surface area (Å²) in [6.45, 7) is 1.91. The van der Waals surface area contributed by atoms with Gasteiger partial charge in [0.1, 0.15) is 5.82 Å². The van der Waals surface area contributed by atoms with Crippen LogP contribution in [0.5, 0.6) is 0 Å². The molecule has 0 saturated carbocycles. The first kappa shape index (κ1) is 14.9. The van der Waals surface area contributed by atoms with E-state index in [9.17, 15) is 14.0 Å². The number of halogens is 1. The number of nitrogens with zero attached hydrogens (tertiary/aromatic N) is 2. The van der Waals surface area contributed by atoms with Gasteiger partial charge in [0.15, 0.2) is 0 Å². The van der Waals surface area contributed by atoms with E-state index in [0.717, 1.165) is 36.0 Å². The van der Waals surface area contributed by atoms with E-state index >= 15 is 0 Å². The van der Waals surface area contributed by atoms with E-state index in [1.807, 2.05) is 12.3 Å². The Labute approximate surface area is 136 Å². The molecule has 24 heavy (non-hydrogen) atoms. The summed E-state index contributed by atoms with van der Waals surface area (Å²) < 4.78 is 17.8. The highest BCUT2D eigenvalue weighted by Gasteiger charge is 2.19. The molecule has 124 valence electrons. The van der Waals surface area contributed by atoms with Crippen LogP contribution in [0.3, 0.4) is 0 Å². The van der Waals surface area contributed by atoms with Gasteiger partial charge in [-0.1, -0.05) is 0 Å². The molecular weight excluding hydrogens is 311 g/mol. The maximum atomic E-state index is 14.5. The number of benzene rings is 1. The van der Waals surface area contributed by atoms with Crippen LogP contribution in [0.25, 0.3) is 16.6 Å². The predicted molar refractivity (Wildman–Crippen MR) is 89.3 cm³/mol. The minimum absolute atomic E-state index is 0.168. The minimum atomic E-state index is -0.650. The fourth-order valence-electron chi connectivity index (χ4n) is 3.44. The lowest BCUT2D eigenvalue weighted by molar-refractivity contribution is 0.376. The highest BCUT2D eigenvalue weighted by molar-refractivity contribution is 5.89. The zero-order chi connectivity index (χ0) is 16.7. The van der Waals surface area contributed by atoms with Gasteiger partial charge in [-0.3, -0.25) is 14.3 Å². The lowest BCUT2D eigenvalue weighted by Crippen LogP contribution is -2.29. The molecule has 0 spiro atoms. The van der Waals surface area contributed by atoms with Gasteiger partial charge in [0, 0.05) is 29.9 Å². The van der Waals surface area contributed by atoms with E-state index in [0.29, 0.717) is 11.4 Å². The maximum absolute atomic E-state index is 14.5. The van der Waals surface area contributed by atoms with Crippen molar-refractivity contribution in [2.24, 2.45) is 0 Å². The average Bonchev–Trinajstić information content (AvgIpc) is 3.00.